The third-order valence-electron chi connectivity index (χ3n) is 6.85. The van der Waals surface area contributed by atoms with E-state index in [0.717, 1.165) is 6.07 Å². The van der Waals surface area contributed by atoms with E-state index in [1.165, 1.54) is 19.2 Å². The van der Waals surface area contributed by atoms with Crippen LogP contribution >= 0.6 is 0 Å². The number of benzene rings is 2. The Balaban J connectivity index is 1.56. The predicted octanol–water partition coefficient (Wildman–Crippen LogP) is 3.55. The molecule has 0 saturated carbocycles. The molecule has 33 heavy (non-hydrogen) atoms. The molecule has 1 N–H and O–H groups in total. The number of carbonyl (C=O) groups is 1. The van der Waals surface area contributed by atoms with Gasteiger partial charge >= 0.3 is 6.18 Å². The Morgan fingerprint density at radius 1 is 1.27 bits per heavy atom. The second kappa shape index (κ2) is 8.60. The van der Waals surface area contributed by atoms with E-state index in [1.54, 1.807) is 35.2 Å². The molecular formula is C24H24F3N3O3. The van der Waals surface area contributed by atoms with Gasteiger partial charge in [-0.1, -0.05) is 6.07 Å². The van der Waals surface area contributed by atoms with Gasteiger partial charge in [0.05, 0.1) is 30.9 Å². The Morgan fingerprint density at radius 3 is 2.73 bits per heavy atom. The molecule has 0 aromatic heterocycles. The summed E-state index contributed by atoms with van der Waals surface area (Å²) in [6.45, 7) is 1.54. The number of nitriles is 1. The molecule has 1 amide bonds. The fraction of sp³-hybridized carbons (Fsp3) is 0.417. The van der Waals surface area contributed by atoms with Gasteiger partial charge in [-0.2, -0.15) is 18.4 Å². The number of anilines is 1. The lowest BCUT2D eigenvalue weighted by atomic mass is 9.73. The Hall–Kier alpha value is -3.25. The minimum Gasteiger partial charge on any atom is -0.497 e. The van der Waals surface area contributed by atoms with Crippen molar-refractivity contribution >= 4 is 11.6 Å². The molecule has 2 aliphatic heterocycles. The number of ether oxygens (including phenoxy) is 1. The number of carbonyl (C=O) groups excluding carboxylic acids is 1. The van der Waals surface area contributed by atoms with Gasteiger partial charge in [0.15, 0.2) is 0 Å². The number of amides is 1. The molecule has 9 heteroatoms. The van der Waals surface area contributed by atoms with E-state index >= 15 is 0 Å². The molecule has 0 aliphatic carbocycles. The van der Waals surface area contributed by atoms with Gasteiger partial charge in [0.25, 0.3) is 5.91 Å². The zero-order valence-electron chi connectivity index (χ0n) is 18.1. The van der Waals surface area contributed by atoms with E-state index in [0.29, 0.717) is 49.6 Å². The standard InChI is InChI=1S/C24H24F3N3O3/c1-33-20-4-2-3-16(9-20)22(32)30-13-18-12-29(8-7-23(18,14-30)15-31)19-6-5-17(11-28)21(10-19)24(25,26)27/h2-6,9-10,18,31H,7-8,12-15H2,1H3. The minimum atomic E-state index is -4.63. The highest BCUT2D eigenvalue weighted by molar-refractivity contribution is 5.95. The number of hydrogen-bond acceptors (Lipinski definition) is 5. The highest BCUT2D eigenvalue weighted by Crippen LogP contribution is 2.44. The second-order valence-electron chi connectivity index (χ2n) is 8.67. The molecule has 174 valence electrons. The molecule has 2 atom stereocenters. The number of nitrogens with zero attached hydrogens (tertiary/aromatic N) is 3. The normalized spacial score (nSPS) is 22.6. The summed E-state index contributed by atoms with van der Waals surface area (Å²) in [6.07, 6.45) is -4.09. The van der Waals surface area contributed by atoms with Gasteiger partial charge in [-0.3, -0.25) is 4.79 Å². The number of likely N-dealkylation sites (tertiary alicyclic amines) is 1. The number of hydrogen-bond donors (Lipinski definition) is 1. The van der Waals surface area contributed by atoms with Crippen molar-refractivity contribution in [3.8, 4) is 11.8 Å². The lowest BCUT2D eigenvalue weighted by Crippen LogP contribution is -2.49. The molecule has 2 heterocycles. The third-order valence-corrected chi connectivity index (χ3v) is 6.85. The summed E-state index contributed by atoms with van der Waals surface area (Å²) in [5, 5.41) is 19.3. The van der Waals surface area contributed by atoms with Crippen molar-refractivity contribution < 1.29 is 27.8 Å². The summed E-state index contributed by atoms with van der Waals surface area (Å²) >= 11 is 0. The Labute approximate surface area is 189 Å². The van der Waals surface area contributed by atoms with Crippen LogP contribution < -0.4 is 9.64 Å². The second-order valence-corrected chi connectivity index (χ2v) is 8.67. The molecule has 2 aromatic rings. The Kier molecular flexibility index (Phi) is 5.97. The number of aliphatic hydroxyl groups excluding tert-OH is 1. The molecule has 2 aromatic carbocycles. The van der Waals surface area contributed by atoms with Crippen LogP contribution in [0, 0.1) is 22.7 Å². The van der Waals surface area contributed by atoms with Crippen LogP contribution in [0.1, 0.15) is 27.9 Å². The first kappa shape index (κ1) is 22.9. The van der Waals surface area contributed by atoms with Crippen LogP contribution in [0.5, 0.6) is 5.75 Å². The zero-order valence-corrected chi connectivity index (χ0v) is 18.1. The van der Waals surface area contributed by atoms with E-state index in [9.17, 15) is 23.1 Å². The number of aliphatic hydroxyl groups is 1. The molecule has 2 fully saturated rings. The number of alkyl halides is 3. The SMILES string of the molecule is COc1cccc(C(=O)N2CC3CN(c4ccc(C#N)c(C(F)(F)F)c4)CCC3(CO)C2)c1. The van der Waals surface area contributed by atoms with E-state index in [1.807, 2.05) is 4.90 Å². The summed E-state index contributed by atoms with van der Waals surface area (Å²) in [4.78, 5) is 16.7. The summed E-state index contributed by atoms with van der Waals surface area (Å²) in [6, 6.07) is 12.2. The maximum Gasteiger partial charge on any atom is 0.417 e. The van der Waals surface area contributed by atoms with Crippen LogP contribution in [0.3, 0.4) is 0 Å². The van der Waals surface area contributed by atoms with Crippen LogP contribution in [0.2, 0.25) is 0 Å². The molecular weight excluding hydrogens is 435 g/mol. The molecule has 0 spiro atoms. The van der Waals surface area contributed by atoms with Crippen LogP contribution in [0.15, 0.2) is 42.5 Å². The van der Waals surface area contributed by atoms with Crippen molar-refractivity contribution in [2.45, 2.75) is 12.6 Å². The molecule has 0 radical (unpaired) electrons. The largest absolute Gasteiger partial charge is 0.497 e. The summed E-state index contributed by atoms with van der Waals surface area (Å²) in [7, 11) is 1.52. The van der Waals surface area contributed by atoms with Gasteiger partial charge in [0.1, 0.15) is 5.75 Å². The molecule has 2 saturated heterocycles. The first-order valence-electron chi connectivity index (χ1n) is 10.6. The van der Waals surface area contributed by atoms with E-state index in [-0.39, 0.29) is 18.4 Å². The van der Waals surface area contributed by atoms with Crippen molar-refractivity contribution in [3.05, 3.63) is 59.2 Å². The number of methoxy groups -OCH3 is 1. The van der Waals surface area contributed by atoms with E-state index < -0.39 is 22.7 Å². The van der Waals surface area contributed by atoms with Crippen LogP contribution in [0.25, 0.3) is 0 Å². The van der Waals surface area contributed by atoms with Gasteiger partial charge in [-0.15, -0.1) is 0 Å². The average Bonchev–Trinajstić information content (AvgIpc) is 3.22. The lowest BCUT2D eigenvalue weighted by molar-refractivity contribution is -0.137. The smallest absolute Gasteiger partial charge is 0.417 e. The van der Waals surface area contributed by atoms with E-state index in [4.69, 9.17) is 10.00 Å². The molecule has 6 nitrogen and oxygen atoms in total. The summed E-state index contributed by atoms with van der Waals surface area (Å²) in [5.41, 5.74) is -0.998. The van der Waals surface area contributed by atoms with Gasteiger partial charge < -0.3 is 19.6 Å². The van der Waals surface area contributed by atoms with Crippen molar-refractivity contribution in [3.63, 3.8) is 0 Å². The Morgan fingerprint density at radius 2 is 2.06 bits per heavy atom. The highest BCUT2D eigenvalue weighted by atomic mass is 19.4. The van der Waals surface area contributed by atoms with Crippen molar-refractivity contribution in [1.29, 1.82) is 5.26 Å². The van der Waals surface area contributed by atoms with Crippen LogP contribution in [-0.4, -0.2) is 55.8 Å². The Bertz CT molecular complexity index is 1100. The fourth-order valence-corrected chi connectivity index (χ4v) is 4.93. The summed E-state index contributed by atoms with van der Waals surface area (Å²) in [5.74, 6) is 0.304. The number of piperidine rings is 1. The van der Waals surface area contributed by atoms with Gasteiger partial charge in [-0.05, 0) is 42.8 Å². The van der Waals surface area contributed by atoms with Crippen LogP contribution in [-0.2, 0) is 6.18 Å². The third kappa shape index (κ3) is 4.23. The predicted molar refractivity (Wildman–Crippen MR) is 115 cm³/mol. The molecule has 2 aliphatic rings. The van der Waals surface area contributed by atoms with Crippen molar-refractivity contribution in [2.24, 2.45) is 11.3 Å². The number of halogens is 3. The van der Waals surface area contributed by atoms with Gasteiger partial charge in [0.2, 0.25) is 0 Å². The minimum absolute atomic E-state index is 0.101. The molecule has 4 rings (SSSR count). The van der Waals surface area contributed by atoms with Gasteiger partial charge in [0, 0.05) is 48.8 Å². The first-order chi connectivity index (χ1) is 15.7. The summed E-state index contributed by atoms with van der Waals surface area (Å²) < 4.78 is 45.4. The van der Waals surface area contributed by atoms with Crippen LogP contribution in [0.4, 0.5) is 18.9 Å². The monoisotopic (exact) mass is 459 g/mol. The number of rotatable bonds is 4. The maximum atomic E-state index is 13.4. The molecule has 0 bridgehead atoms. The quantitative estimate of drug-likeness (QED) is 0.757. The van der Waals surface area contributed by atoms with E-state index in [2.05, 4.69) is 0 Å². The van der Waals surface area contributed by atoms with Crippen molar-refractivity contribution in [1.82, 2.24) is 4.90 Å². The number of fused-ring (bicyclic) bond motifs is 1. The maximum absolute atomic E-state index is 13.4. The molecule has 2 unspecified atom stereocenters. The van der Waals surface area contributed by atoms with Crippen molar-refractivity contribution in [2.75, 3.05) is 44.8 Å². The van der Waals surface area contributed by atoms with Gasteiger partial charge in [-0.25, -0.2) is 0 Å². The highest BCUT2D eigenvalue weighted by Gasteiger charge is 2.50. The average molecular weight is 459 g/mol. The zero-order chi connectivity index (χ0) is 23.8. The fourth-order valence-electron chi connectivity index (χ4n) is 4.93. The first-order valence-corrected chi connectivity index (χ1v) is 10.6. The topological polar surface area (TPSA) is 76.8 Å². The lowest BCUT2D eigenvalue weighted by Gasteiger charge is -2.43.